The number of nitrogens with zero attached hydrogens (tertiary/aromatic N) is 1. The Balaban J connectivity index is 1.98. The number of carbonyl (C=O) groups excluding carboxylic acids is 1. The molecule has 2 aromatic heterocycles. The van der Waals surface area contributed by atoms with Gasteiger partial charge >= 0.3 is 5.97 Å². The van der Waals surface area contributed by atoms with Crippen LogP contribution in [0.15, 0.2) is 28.3 Å². The molecule has 2 rings (SSSR count). The van der Waals surface area contributed by atoms with Gasteiger partial charge in [0, 0.05) is 23.7 Å². The minimum atomic E-state index is -0.460. The maximum Gasteiger partial charge on any atom is 0.374 e. The molecule has 0 saturated carbocycles. The summed E-state index contributed by atoms with van der Waals surface area (Å²) in [4.78, 5) is 15.6. The molecule has 0 aromatic carbocycles. The summed E-state index contributed by atoms with van der Waals surface area (Å²) in [6, 6.07) is 1.89. The zero-order chi connectivity index (χ0) is 13.0. The summed E-state index contributed by atoms with van der Waals surface area (Å²) in [6.45, 7) is 2.55. The molecule has 0 fully saturated rings. The molecular formula is C12H14N2O3S. The topological polar surface area (TPSA) is 64.4 Å². The van der Waals surface area contributed by atoms with Crippen molar-refractivity contribution in [3.8, 4) is 0 Å². The van der Waals surface area contributed by atoms with Crippen molar-refractivity contribution < 1.29 is 13.9 Å². The molecule has 1 atom stereocenters. The first kappa shape index (κ1) is 12.8. The predicted octanol–water partition coefficient (Wildman–Crippen LogP) is 2.37. The molecule has 0 amide bonds. The van der Waals surface area contributed by atoms with Crippen molar-refractivity contribution in [1.82, 2.24) is 10.3 Å². The summed E-state index contributed by atoms with van der Waals surface area (Å²) in [5.41, 5.74) is 0.783. The number of hydrogen-bond acceptors (Lipinski definition) is 6. The van der Waals surface area contributed by atoms with E-state index in [0.29, 0.717) is 6.54 Å². The van der Waals surface area contributed by atoms with Crippen LogP contribution in [0.2, 0.25) is 0 Å². The predicted molar refractivity (Wildman–Crippen MR) is 67.4 cm³/mol. The second-order valence-electron chi connectivity index (χ2n) is 3.74. The maximum absolute atomic E-state index is 11.4. The van der Waals surface area contributed by atoms with Crippen LogP contribution in [0.1, 0.15) is 34.1 Å². The second-order valence-corrected chi connectivity index (χ2v) is 4.67. The van der Waals surface area contributed by atoms with Gasteiger partial charge in [0.2, 0.25) is 5.76 Å². The van der Waals surface area contributed by atoms with Crippen molar-refractivity contribution in [2.45, 2.75) is 19.5 Å². The highest BCUT2D eigenvalue weighted by Crippen LogP contribution is 2.17. The van der Waals surface area contributed by atoms with E-state index in [1.807, 2.05) is 12.3 Å². The smallest absolute Gasteiger partial charge is 0.374 e. The Morgan fingerprint density at radius 1 is 1.67 bits per heavy atom. The van der Waals surface area contributed by atoms with Crippen LogP contribution in [-0.4, -0.2) is 18.1 Å². The molecule has 96 valence electrons. The van der Waals surface area contributed by atoms with E-state index in [1.165, 1.54) is 13.4 Å². The molecule has 0 aliphatic heterocycles. The van der Waals surface area contributed by atoms with Gasteiger partial charge in [0.15, 0.2) is 0 Å². The molecule has 0 bridgehead atoms. The zero-order valence-electron chi connectivity index (χ0n) is 10.2. The second kappa shape index (κ2) is 5.79. The number of rotatable bonds is 5. The van der Waals surface area contributed by atoms with Crippen LogP contribution < -0.4 is 5.32 Å². The summed E-state index contributed by atoms with van der Waals surface area (Å²) in [7, 11) is 1.33. The van der Waals surface area contributed by atoms with Crippen molar-refractivity contribution in [2.24, 2.45) is 0 Å². The lowest BCUT2D eigenvalue weighted by atomic mass is 10.2. The van der Waals surface area contributed by atoms with E-state index in [4.69, 9.17) is 4.42 Å². The van der Waals surface area contributed by atoms with Gasteiger partial charge in [-0.05, 0) is 13.0 Å². The summed E-state index contributed by atoms with van der Waals surface area (Å²) >= 11 is 1.59. The minimum Gasteiger partial charge on any atom is -0.463 e. The van der Waals surface area contributed by atoms with E-state index in [0.717, 1.165) is 10.6 Å². The molecule has 0 aliphatic carbocycles. The van der Waals surface area contributed by atoms with Gasteiger partial charge in [-0.2, -0.15) is 0 Å². The molecule has 1 unspecified atom stereocenters. The number of aromatic nitrogens is 1. The van der Waals surface area contributed by atoms with Crippen molar-refractivity contribution in [3.63, 3.8) is 0 Å². The van der Waals surface area contributed by atoms with Gasteiger partial charge in [0.1, 0.15) is 5.01 Å². The number of furan rings is 1. The Morgan fingerprint density at radius 3 is 3.17 bits per heavy atom. The average molecular weight is 266 g/mol. The molecule has 0 aliphatic rings. The fourth-order valence-electron chi connectivity index (χ4n) is 1.55. The molecular weight excluding hydrogens is 252 g/mol. The Bertz CT molecular complexity index is 507. The standard InChI is InChI=1S/C12H14N2O3S/c1-8(11-13-4-6-18-11)14-7-9-3-5-17-10(9)12(15)16-2/h3-6,8,14H,7H2,1-2H3. The summed E-state index contributed by atoms with van der Waals surface area (Å²) in [5.74, 6) is -0.213. The number of nitrogens with one attached hydrogen (secondary N) is 1. The molecule has 2 aromatic rings. The van der Waals surface area contributed by atoms with Gasteiger partial charge in [0.05, 0.1) is 19.4 Å². The Kier molecular flexibility index (Phi) is 4.11. The monoisotopic (exact) mass is 266 g/mol. The molecule has 0 saturated heterocycles. The number of carbonyl (C=O) groups is 1. The maximum atomic E-state index is 11.4. The van der Waals surface area contributed by atoms with Gasteiger partial charge in [-0.25, -0.2) is 9.78 Å². The molecule has 1 N–H and O–H groups in total. The molecule has 6 heteroatoms. The highest BCUT2D eigenvalue weighted by Gasteiger charge is 2.16. The van der Waals surface area contributed by atoms with Crippen LogP contribution in [0, 0.1) is 0 Å². The third-order valence-corrected chi connectivity index (χ3v) is 3.50. The van der Waals surface area contributed by atoms with Gasteiger partial charge in [-0.1, -0.05) is 0 Å². The van der Waals surface area contributed by atoms with Crippen LogP contribution in [-0.2, 0) is 11.3 Å². The molecule has 2 heterocycles. The first-order valence-electron chi connectivity index (χ1n) is 5.50. The Labute approximate surface area is 109 Å². The minimum absolute atomic E-state index is 0.130. The van der Waals surface area contributed by atoms with Crippen LogP contribution in [0.4, 0.5) is 0 Å². The lowest BCUT2D eigenvalue weighted by molar-refractivity contribution is 0.0563. The SMILES string of the molecule is COC(=O)c1occc1CNC(C)c1nccs1. The number of ether oxygens (including phenoxy) is 1. The van der Waals surface area contributed by atoms with Crippen molar-refractivity contribution in [1.29, 1.82) is 0 Å². The van der Waals surface area contributed by atoms with Crippen molar-refractivity contribution in [3.05, 3.63) is 40.2 Å². The van der Waals surface area contributed by atoms with E-state index in [9.17, 15) is 4.79 Å². The summed E-state index contributed by atoms with van der Waals surface area (Å²) in [5, 5.41) is 6.23. The summed E-state index contributed by atoms with van der Waals surface area (Å²) in [6.07, 6.45) is 3.26. The fraction of sp³-hybridized carbons (Fsp3) is 0.333. The first-order valence-corrected chi connectivity index (χ1v) is 6.37. The number of thiazole rings is 1. The van der Waals surface area contributed by atoms with E-state index >= 15 is 0 Å². The van der Waals surface area contributed by atoms with Crippen LogP contribution in [0.25, 0.3) is 0 Å². The van der Waals surface area contributed by atoms with E-state index < -0.39 is 5.97 Å². The van der Waals surface area contributed by atoms with Crippen molar-refractivity contribution >= 4 is 17.3 Å². The van der Waals surface area contributed by atoms with E-state index in [2.05, 4.69) is 15.0 Å². The largest absolute Gasteiger partial charge is 0.463 e. The first-order chi connectivity index (χ1) is 8.72. The van der Waals surface area contributed by atoms with Gasteiger partial charge in [-0.3, -0.25) is 0 Å². The third-order valence-electron chi connectivity index (χ3n) is 2.54. The van der Waals surface area contributed by atoms with Crippen LogP contribution >= 0.6 is 11.3 Å². The highest BCUT2D eigenvalue weighted by atomic mass is 32.1. The zero-order valence-corrected chi connectivity index (χ0v) is 11.0. The third kappa shape index (κ3) is 2.77. The number of esters is 1. The van der Waals surface area contributed by atoms with E-state index in [-0.39, 0.29) is 11.8 Å². The van der Waals surface area contributed by atoms with Gasteiger partial charge in [0.25, 0.3) is 0 Å². The number of hydrogen-bond donors (Lipinski definition) is 1. The lowest BCUT2D eigenvalue weighted by Crippen LogP contribution is -2.19. The normalized spacial score (nSPS) is 12.3. The highest BCUT2D eigenvalue weighted by molar-refractivity contribution is 7.09. The van der Waals surface area contributed by atoms with Crippen LogP contribution in [0.3, 0.4) is 0 Å². The number of methoxy groups -OCH3 is 1. The van der Waals surface area contributed by atoms with Gasteiger partial charge in [-0.15, -0.1) is 11.3 Å². The molecule has 0 radical (unpaired) electrons. The van der Waals surface area contributed by atoms with Gasteiger partial charge < -0.3 is 14.5 Å². The quantitative estimate of drug-likeness (QED) is 0.842. The Morgan fingerprint density at radius 2 is 2.50 bits per heavy atom. The Hall–Kier alpha value is -1.66. The molecule has 0 spiro atoms. The lowest BCUT2D eigenvalue weighted by Gasteiger charge is -2.10. The summed E-state index contributed by atoms with van der Waals surface area (Å²) < 4.78 is 9.76. The average Bonchev–Trinajstić information content (AvgIpc) is 3.05. The molecule has 18 heavy (non-hydrogen) atoms. The molecule has 5 nitrogen and oxygen atoms in total. The van der Waals surface area contributed by atoms with Crippen molar-refractivity contribution in [2.75, 3.05) is 7.11 Å². The van der Waals surface area contributed by atoms with Crippen LogP contribution in [0.5, 0.6) is 0 Å². The fourth-order valence-corrected chi connectivity index (χ4v) is 2.22. The van der Waals surface area contributed by atoms with E-state index in [1.54, 1.807) is 23.6 Å².